The minimum Gasteiger partial charge on any atom is -0.465 e. The van der Waals surface area contributed by atoms with Gasteiger partial charge in [-0.25, -0.2) is 4.79 Å². The summed E-state index contributed by atoms with van der Waals surface area (Å²) in [5.41, 5.74) is -1.58. The van der Waals surface area contributed by atoms with Gasteiger partial charge in [-0.2, -0.15) is 18.4 Å². The topological polar surface area (TPSA) is 50.1 Å². The zero-order chi connectivity index (χ0) is 13.2. The number of methoxy groups -OCH3 is 1. The molecule has 0 aliphatic heterocycles. The zero-order valence-electron chi connectivity index (χ0n) is 9.05. The molecule has 0 amide bonds. The van der Waals surface area contributed by atoms with E-state index in [0.717, 1.165) is 13.2 Å². The lowest BCUT2D eigenvalue weighted by Gasteiger charge is -2.12. The maximum atomic E-state index is 12.6. The molecular weight excluding hydrogens is 235 g/mol. The summed E-state index contributed by atoms with van der Waals surface area (Å²) in [4.78, 5) is 11.2. The van der Waals surface area contributed by atoms with E-state index in [0.29, 0.717) is 6.07 Å². The Hall–Kier alpha value is -2.03. The van der Waals surface area contributed by atoms with Crippen molar-refractivity contribution in [3.63, 3.8) is 0 Å². The number of nitriles is 1. The van der Waals surface area contributed by atoms with Crippen molar-refractivity contribution in [1.29, 1.82) is 5.26 Å². The molecule has 17 heavy (non-hydrogen) atoms. The van der Waals surface area contributed by atoms with Crippen LogP contribution in [0.4, 0.5) is 13.2 Å². The predicted octanol–water partition coefficient (Wildman–Crippen LogP) is 2.67. The highest BCUT2D eigenvalue weighted by molar-refractivity contribution is 5.91. The van der Waals surface area contributed by atoms with Crippen LogP contribution in [-0.4, -0.2) is 13.1 Å². The first-order valence-electron chi connectivity index (χ1n) is 4.51. The van der Waals surface area contributed by atoms with Gasteiger partial charge >= 0.3 is 12.1 Å². The fourth-order valence-electron chi connectivity index (χ4n) is 1.36. The average molecular weight is 243 g/mol. The third kappa shape index (κ3) is 2.56. The summed E-state index contributed by atoms with van der Waals surface area (Å²) in [6.45, 7) is 1.44. The standard InChI is InChI=1S/C11H8F3NO2/c1-6-3-7(5-15)9(11(12,13)14)4-8(6)10(16)17-2/h3-4H,1-2H3. The average Bonchev–Trinajstić information content (AvgIpc) is 2.25. The molecule has 0 heterocycles. The Kier molecular flexibility index (Phi) is 3.42. The minimum atomic E-state index is -4.68. The molecule has 0 unspecified atom stereocenters. The predicted molar refractivity (Wildman–Crippen MR) is 52.2 cm³/mol. The molecule has 0 saturated heterocycles. The van der Waals surface area contributed by atoms with Crippen molar-refractivity contribution >= 4 is 5.97 Å². The van der Waals surface area contributed by atoms with Crippen LogP contribution in [0.25, 0.3) is 0 Å². The number of carbonyl (C=O) groups excluding carboxylic acids is 1. The van der Waals surface area contributed by atoms with Crippen molar-refractivity contribution in [2.45, 2.75) is 13.1 Å². The SMILES string of the molecule is COC(=O)c1cc(C(F)(F)F)c(C#N)cc1C. The number of alkyl halides is 3. The van der Waals surface area contributed by atoms with Crippen LogP contribution in [0.1, 0.15) is 27.0 Å². The van der Waals surface area contributed by atoms with E-state index in [1.54, 1.807) is 0 Å². The van der Waals surface area contributed by atoms with E-state index in [2.05, 4.69) is 4.74 Å². The van der Waals surface area contributed by atoms with Crippen LogP contribution in [-0.2, 0) is 10.9 Å². The van der Waals surface area contributed by atoms with Gasteiger partial charge in [-0.1, -0.05) is 0 Å². The number of hydrogen-bond donors (Lipinski definition) is 0. The number of esters is 1. The Bertz CT molecular complexity index is 501. The fourth-order valence-corrected chi connectivity index (χ4v) is 1.36. The fraction of sp³-hybridized carbons (Fsp3) is 0.273. The van der Waals surface area contributed by atoms with Gasteiger partial charge in [0.25, 0.3) is 0 Å². The van der Waals surface area contributed by atoms with Gasteiger partial charge in [-0.05, 0) is 24.6 Å². The number of ether oxygens (including phenoxy) is 1. The lowest BCUT2D eigenvalue weighted by Crippen LogP contribution is -2.12. The van der Waals surface area contributed by atoms with E-state index in [-0.39, 0.29) is 11.1 Å². The molecule has 90 valence electrons. The number of nitrogens with zero attached hydrogens (tertiary/aromatic N) is 1. The third-order valence-electron chi connectivity index (χ3n) is 2.20. The van der Waals surface area contributed by atoms with Crippen molar-refractivity contribution in [2.75, 3.05) is 7.11 Å². The van der Waals surface area contributed by atoms with Crippen molar-refractivity contribution in [2.24, 2.45) is 0 Å². The maximum Gasteiger partial charge on any atom is 0.417 e. The maximum absolute atomic E-state index is 12.6. The number of aryl methyl sites for hydroxylation is 1. The smallest absolute Gasteiger partial charge is 0.417 e. The van der Waals surface area contributed by atoms with Gasteiger partial charge in [0.2, 0.25) is 0 Å². The Morgan fingerprint density at radius 1 is 1.41 bits per heavy atom. The van der Waals surface area contributed by atoms with Crippen molar-refractivity contribution in [3.8, 4) is 6.07 Å². The van der Waals surface area contributed by atoms with Crippen LogP contribution in [0, 0.1) is 18.3 Å². The molecule has 0 aliphatic rings. The molecule has 0 radical (unpaired) electrons. The van der Waals surface area contributed by atoms with Crippen molar-refractivity contribution in [3.05, 3.63) is 34.4 Å². The number of carbonyl (C=O) groups is 1. The molecule has 1 aromatic rings. The van der Waals surface area contributed by atoms with Gasteiger partial charge in [-0.3, -0.25) is 0 Å². The second-order valence-corrected chi connectivity index (χ2v) is 3.31. The Labute approximate surface area is 95.4 Å². The van der Waals surface area contributed by atoms with Gasteiger partial charge < -0.3 is 4.74 Å². The summed E-state index contributed by atoms with van der Waals surface area (Å²) < 4.78 is 42.2. The van der Waals surface area contributed by atoms with Crippen LogP contribution in [0.2, 0.25) is 0 Å². The zero-order valence-corrected chi connectivity index (χ0v) is 9.05. The molecule has 1 rings (SSSR count). The highest BCUT2D eigenvalue weighted by Gasteiger charge is 2.35. The molecular formula is C11H8F3NO2. The summed E-state index contributed by atoms with van der Waals surface area (Å²) in [6, 6.07) is 3.12. The van der Waals surface area contributed by atoms with E-state index in [1.165, 1.54) is 13.0 Å². The third-order valence-corrected chi connectivity index (χ3v) is 2.20. The molecule has 3 nitrogen and oxygen atoms in total. The number of rotatable bonds is 1. The number of benzene rings is 1. The lowest BCUT2D eigenvalue weighted by atomic mass is 9.99. The lowest BCUT2D eigenvalue weighted by molar-refractivity contribution is -0.137. The first-order chi connectivity index (χ1) is 7.81. The first-order valence-corrected chi connectivity index (χ1v) is 4.51. The van der Waals surface area contributed by atoms with E-state index < -0.39 is 23.3 Å². The monoisotopic (exact) mass is 243 g/mol. The van der Waals surface area contributed by atoms with E-state index in [1.807, 2.05) is 0 Å². The summed E-state index contributed by atoms with van der Waals surface area (Å²) in [6.07, 6.45) is -4.68. The molecule has 0 aromatic heterocycles. The highest BCUT2D eigenvalue weighted by atomic mass is 19.4. The van der Waals surface area contributed by atoms with Crippen LogP contribution in [0.5, 0.6) is 0 Å². The van der Waals surface area contributed by atoms with Crippen molar-refractivity contribution in [1.82, 2.24) is 0 Å². The van der Waals surface area contributed by atoms with Crippen LogP contribution >= 0.6 is 0 Å². The van der Waals surface area contributed by atoms with Gasteiger partial charge in [-0.15, -0.1) is 0 Å². The van der Waals surface area contributed by atoms with Gasteiger partial charge in [0.05, 0.1) is 29.9 Å². The molecule has 0 N–H and O–H groups in total. The quantitative estimate of drug-likeness (QED) is 0.712. The minimum absolute atomic E-state index is 0.196. The van der Waals surface area contributed by atoms with E-state index >= 15 is 0 Å². The molecule has 1 aromatic carbocycles. The normalized spacial score (nSPS) is 10.8. The van der Waals surface area contributed by atoms with Crippen LogP contribution < -0.4 is 0 Å². The summed E-state index contributed by atoms with van der Waals surface area (Å²) in [7, 11) is 1.08. The first kappa shape index (κ1) is 13.0. The largest absolute Gasteiger partial charge is 0.465 e. The van der Waals surface area contributed by atoms with Gasteiger partial charge in [0.1, 0.15) is 0 Å². The van der Waals surface area contributed by atoms with Gasteiger partial charge in [0, 0.05) is 0 Å². The Balaban J connectivity index is 3.50. The van der Waals surface area contributed by atoms with E-state index in [4.69, 9.17) is 5.26 Å². The molecule has 6 heteroatoms. The summed E-state index contributed by atoms with van der Waals surface area (Å²) in [5.74, 6) is -0.863. The molecule has 0 fully saturated rings. The number of hydrogen-bond acceptors (Lipinski definition) is 3. The van der Waals surface area contributed by atoms with Crippen LogP contribution in [0.3, 0.4) is 0 Å². The Morgan fingerprint density at radius 2 is 2.00 bits per heavy atom. The molecule has 0 bridgehead atoms. The second-order valence-electron chi connectivity index (χ2n) is 3.31. The van der Waals surface area contributed by atoms with Crippen LogP contribution in [0.15, 0.2) is 12.1 Å². The van der Waals surface area contributed by atoms with Gasteiger partial charge in [0.15, 0.2) is 0 Å². The second kappa shape index (κ2) is 4.45. The number of halogens is 3. The highest BCUT2D eigenvalue weighted by Crippen LogP contribution is 2.33. The summed E-state index contributed by atoms with van der Waals surface area (Å²) in [5, 5.41) is 8.63. The van der Waals surface area contributed by atoms with Crippen molar-refractivity contribution < 1.29 is 22.7 Å². The summed E-state index contributed by atoms with van der Waals surface area (Å²) >= 11 is 0. The Morgan fingerprint density at radius 3 is 2.41 bits per heavy atom. The molecule has 0 spiro atoms. The molecule has 0 atom stereocenters. The van der Waals surface area contributed by atoms with E-state index in [9.17, 15) is 18.0 Å². The molecule has 0 aliphatic carbocycles. The molecule has 0 saturated carbocycles.